The highest BCUT2D eigenvalue weighted by Crippen LogP contribution is 2.39. The Hall–Kier alpha value is 0.160. The van der Waals surface area contributed by atoms with E-state index in [1.54, 1.807) is 18.2 Å². The highest BCUT2D eigenvalue weighted by atomic mass is 79.9. The monoisotopic (exact) mass is 415 g/mol. The number of nitrogens with one attached hydrogen (secondary N) is 1. The zero-order valence-corrected chi connectivity index (χ0v) is 15.0. The Balaban J connectivity index is 2.54. The molecule has 0 aliphatic rings. The Kier molecular flexibility index (Phi) is 5.74. The first kappa shape index (κ1) is 16.5. The minimum absolute atomic E-state index is 0.0582. The first-order chi connectivity index (χ1) is 9.45. The second-order valence-electron chi connectivity index (χ2n) is 4.03. The number of benzene rings is 1. The van der Waals surface area contributed by atoms with Crippen molar-refractivity contribution < 1.29 is 4.39 Å². The van der Waals surface area contributed by atoms with Gasteiger partial charge in [0, 0.05) is 15.6 Å². The number of thiophene rings is 1. The van der Waals surface area contributed by atoms with Gasteiger partial charge in [0.25, 0.3) is 0 Å². The van der Waals surface area contributed by atoms with E-state index in [1.165, 1.54) is 11.3 Å². The summed E-state index contributed by atoms with van der Waals surface area (Å²) in [4.78, 5) is 0. The fourth-order valence-corrected chi connectivity index (χ4v) is 3.92. The van der Waals surface area contributed by atoms with Gasteiger partial charge in [0.15, 0.2) is 0 Å². The molecule has 1 N–H and O–H groups in total. The maximum Gasteiger partial charge on any atom is 0.148 e. The summed E-state index contributed by atoms with van der Waals surface area (Å²) in [6.07, 6.45) is 0. The first-order valence-corrected chi connectivity index (χ1v) is 8.51. The molecule has 108 valence electrons. The molecule has 0 radical (unpaired) electrons. The molecule has 0 saturated heterocycles. The summed E-state index contributed by atoms with van der Waals surface area (Å²) in [5, 5.41) is 3.26. The first-order valence-electron chi connectivity index (χ1n) is 5.77. The van der Waals surface area contributed by atoms with Crippen LogP contribution < -0.4 is 5.32 Å². The quantitative estimate of drug-likeness (QED) is 0.575. The van der Waals surface area contributed by atoms with Crippen LogP contribution in [0.25, 0.3) is 0 Å². The summed E-state index contributed by atoms with van der Waals surface area (Å²) in [5.74, 6) is -0.467. The van der Waals surface area contributed by atoms with Crippen LogP contribution in [0.3, 0.4) is 0 Å². The van der Waals surface area contributed by atoms with Crippen molar-refractivity contribution in [3.8, 4) is 0 Å². The topological polar surface area (TPSA) is 12.0 Å². The van der Waals surface area contributed by atoms with E-state index in [2.05, 4.69) is 21.2 Å². The number of hydrogen-bond acceptors (Lipinski definition) is 2. The summed E-state index contributed by atoms with van der Waals surface area (Å²) < 4.78 is 16.0. The Bertz CT molecular complexity index is 632. The average Bonchev–Trinajstić information content (AvgIpc) is 2.73. The Morgan fingerprint density at radius 2 is 2.00 bits per heavy atom. The summed E-state index contributed by atoms with van der Waals surface area (Å²) in [6.45, 7) is 2.59. The second kappa shape index (κ2) is 6.95. The van der Waals surface area contributed by atoms with Crippen LogP contribution in [0.2, 0.25) is 13.7 Å². The van der Waals surface area contributed by atoms with E-state index < -0.39 is 5.82 Å². The highest BCUT2D eigenvalue weighted by molar-refractivity contribution is 9.10. The lowest BCUT2D eigenvalue weighted by Gasteiger charge is -2.19. The molecule has 0 saturated carbocycles. The molecule has 0 amide bonds. The maximum absolute atomic E-state index is 14.4. The number of hydrogen-bond donors (Lipinski definition) is 1. The summed E-state index contributed by atoms with van der Waals surface area (Å²) in [6, 6.07) is 4.76. The third-order valence-corrected chi connectivity index (χ3v) is 5.55. The summed E-state index contributed by atoms with van der Waals surface area (Å²) in [5.41, 5.74) is 1.19. The van der Waals surface area contributed by atoms with Gasteiger partial charge in [-0.05, 0) is 34.6 Å². The minimum Gasteiger partial charge on any atom is -0.306 e. The predicted molar refractivity (Wildman–Crippen MR) is 89.0 cm³/mol. The molecule has 0 aliphatic heterocycles. The molecule has 1 nitrogen and oxygen atoms in total. The van der Waals surface area contributed by atoms with Crippen LogP contribution in [0.4, 0.5) is 4.39 Å². The smallest absolute Gasteiger partial charge is 0.148 e. The third-order valence-electron chi connectivity index (χ3n) is 2.78. The van der Waals surface area contributed by atoms with Gasteiger partial charge < -0.3 is 5.32 Å². The van der Waals surface area contributed by atoms with Crippen molar-refractivity contribution >= 4 is 62.1 Å². The Labute approximate surface area is 144 Å². The van der Waals surface area contributed by atoms with Crippen LogP contribution in [0.5, 0.6) is 0 Å². The molecule has 1 aromatic heterocycles. The van der Waals surface area contributed by atoms with Gasteiger partial charge in [-0.1, -0.05) is 47.8 Å². The standard InChI is InChI=1S/C13H10BrCl3FNS/c1-2-19-12(7-5-9(15)20-13(7)17)6-3-4-8(14)10(16)11(6)18/h3-5,12,19H,2H2,1H3. The van der Waals surface area contributed by atoms with E-state index >= 15 is 0 Å². The van der Waals surface area contributed by atoms with Gasteiger partial charge >= 0.3 is 0 Å². The van der Waals surface area contributed by atoms with Crippen LogP contribution in [-0.2, 0) is 0 Å². The number of rotatable bonds is 4. The summed E-state index contributed by atoms with van der Waals surface area (Å²) in [7, 11) is 0. The van der Waals surface area contributed by atoms with Crippen molar-refractivity contribution in [2.24, 2.45) is 0 Å². The summed E-state index contributed by atoms with van der Waals surface area (Å²) >= 11 is 22.6. The van der Waals surface area contributed by atoms with Gasteiger partial charge in [0.2, 0.25) is 0 Å². The van der Waals surface area contributed by atoms with Crippen molar-refractivity contribution in [2.45, 2.75) is 13.0 Å². The van der Waals surface area contributed by atoms with Gasteiger partial charge in [-0.3, -0.25) is 0 Å². The van der Waals surface area contributed by atoms with Crippen LogP contribution in [0.1, 0.15) is 24.1 Å². The largest absolute Gasteiger partial charge is 0.306 e. The molecular weight excluding hydrogens is 407 g/mol. The highest BCUT2D eigenvalue weighted by Gasteiger charge is 2.23. The SMILES string of the molecule is CCNC(c1cc(Cl)sc1Cl)c1ccc(Br)c(Cl)c1F. The van der Waals surface area contributed by atoms with Crippen LogP contribution in [0.15, 0.2) is 22.7 Å². The molecule has 2 rings (SSSR count). The molecule has 1 aromatic carbocycles. The van der Waals surface area contributed by atoms with Crippen LogP contribution in [-0.4, -0.2) is 6.54 Å². The third kappa shape index (κ3) is 3.32. The van der Waals surface area contributed by atoms with E-state index in [9.17, 15) is 4.39 Å². The molecule has 7 heteroatoms. The van der Waals surface area contributed by atoms with E-state index in [4.69, 9.17) is 34.8 Å². The van der Waals surface area contributed by atoms with E-state index in [0.717, 1.165) is 5.56 Å². The van der Waals surface area contributed by atoms with Gasteiger partial charge in [-0.15, -0.1) is 11.3 Å². The fourth-order valence-electron chi connectivity index (χ4n) is 1.91. The van der Waals surface area contributed by atoms with Crippen molar-refractivity contribution in [3.63, 3.8) is 0 Å². The minimum atomic E-state index is -0.467. The van der Waals surface area contributed by atoms with Crippen LogP contribution in [0, 0.1) is 5.82 Å². The second-order valence-corrected chi connectivity index (χ2v) is 7.55. The lowest BCUT2D eigenvalue weighted by Crippen LogP contribution is -2.23. The van der Waals surface area contributed by atoms with Crippen molar-refractivity contribution in [1.82, 2.24) is 5.32 Å². The van der Waals surface area contributed by atoms with Gasteiger partial charge in [-0.2, -0.15) is 0 Å². The van der Waals surface area contributed by atoms with Gasteiger partial charge in [0.1, 0.15) is 5.82 Å². The molecule has 2 aromatic rings. The molecular formula is C13H10BrCl3FNS. The molecule has 1 heterocycles. The average molecular weight is 418 g/mol. The van der Waals surface area contributed by atoms with Crippen molar-refractivity contribution in [2.75, 3.05) is 6.54 Å². The molecule has 0 spiro atoms. The molecule has 0 fully saturated rings. The molecule has 1 unspecified atom stereocenters. The molecule has 0 aliphatic carbocycles. The molecule has 20 heavy (non-hydrogen) atoms. The number of halogens is 5. The zero-order valence-electron chi connectivity index (χ0n) is 10.3. The Morgan fingerprint density at radius 1 is 1.30 bits per heavy atom. The maximum atomic E-state index is 14.4. The molecule has 1 atom stereocenters. The van der Waals surface area contributed by atoms with E-state index in [1.807, 2.05) is 6.92 Å². The van der Waals surface area contributed by atoms with Gasteiger partial charge in [0.05, 0.1) is 19.7 Å². The zero-order chi connectivity index (χ0) is 14.9. The lowest BCUT2D eigenvalue weighted by molar-refractivity contribution is 0.559. The normalized spacial score (nSPS) is 12.7. The van der Waals surface area contributed by atoms with E-state index in [-0.39, 0.29) is 11.1 Å². The van der Waals surface area contributed by atoms with Gasteiger partial charge in [-0.25, -0.2) is 4.39 Å². The van der Waals surface area contributed by atoms with Crippen molar-refractivity contribution in [1.29, 1.82) is 0 Å². The van der Waals surface area contributed by atoms with Crippen LogP contribution >= 0.6 is 62.1 Å². The van der Waals surface area contributed by atoms with E-state index in [0.29, 0.717) is 25.3 Å². The Morgan fingerprint density at radius 3 is 2.55 bits per heavy atom. The lowest BCUT2D eigenvalue weighted by atomic mass is 10.0. The fraction of sp³-hybridized carbons (Fsp3) is 0.231. The predicted octanol–water partition coefficient (Wildman–Crippen LogP) is 6.31. The van der Waals surface area contributed by atoms with Crippen molar-refractivity contribution in [3.05, 3.63) is 53.3 Å². The molecule has 0 bridgehead atoms.